The lowest BCUT2D eigenvalue weighted by molar-refractivity contribution is -0.123. The second kappa shape index (κ2) is 5.53. The van der Waals surface area contributed by atoms with E-state index >= 15 is 0 Å². The predicted molar refractivity (Wildman–Crippen MR) is 52.4 cm³/mol. The first-order valence-corrected chi connectivity index (χ1v) is 4.36. The lowest BCUT2D eigenvalue weighted by Crippen LogP contribution is -2.46. The molecular formula is C8H18N4O. The maximum absolute atomic E-state index is 11.4. The van der Waals surface area contributed by atoms with E-state index in [1.807, 2.05) is 13.8 Å². The molecule has 0 saturated carbocycles. The van der Waals surface area contributed by atoms with Crippen LogP contribution in [0.1, 0.15) is 20.3 Å². The SMILES string of the molecule is CCC(C)C(=O)[C@H](N)CNC(=N)N. The molecular weight excluding hydrogens is 168 g/mol. The smallest absolute Gasteiger partial charge is 0.185 e. The van der Waals surface area contributed by atoms with E-state index in [0.29, 0.717) is 0 Å². The molecule has 0 aliphatic rings. The van der Waals surface area contributed by atoms with E-state index in [0.717, 1.165) is 6.42 Å². The Labute approximate surface area is 78.4 Å². The van der Waals surface area contributed by atoms with Crippen LogP contribution in [0.25, 0.3) is 0 Å². The molecule has 5 nitrogen and oxygen atoms in total. The fourth-order valence-electron chi connectivity index (χ4n) is 0.887. The van der Waals surface area contributed by atoms with Crippen LogP contribution in [0.5, 0.6) is 0 Å². The van der Waals surface area contributed by atoms with Crippen LogP contribution < -0.4 is 16.8 Å². The molecule has 6 N–H and O–H groups in total. The highest BCUT2D eigenvalue weighted by Crippen LogP contribution is 2.03. The molecule has 0 radical (unpaired) electrons. The Kier molecular flexibility index (Phi) is 5.06. The number of rotatable bonds is 5. The van der Waals surface area contributed by atoms with Crippen LogP contribution in [-0.2, 0) is 4.79 Å². The summed E-state index contributed by atoms with van der Waals surface area (Å²) in [4.78, 5) is 11.4. The lowest BCUT2D eigenvalue weighted by Gasteiger charge is -2.15. The number of hydrogen-bond acceptors (Lipinski definition) is 3. The minimum absolute atomic E-state index is 0.0104. The number of hydrogen-bond donors (Lipinski definition) is 4. The van der Waals surface area contributed by atoms with Crippen molar-refractivity contribution in [3.63, 3.8) is 0 Å². The standard InChI is InChI=1S/C8H18N4O/c1-3-5(2)7(13)6(9)4-12-8(10)11/h5-6H,3-4,9H2,1-2H3,(H4,10,11,12)/t5?,6-/m1/s1. The highest BCUT2D eigenvalue weighted by Gasteiger charge is 2.18. The van der Waals surface area contributed by atoms with Gasteiger partial charge < -0.3 is 16.8 Å². The topological polar surface area (TPSA) is 105 Å². The van der Waals surface area contributed by atoms with Gasteiger partial charge in [0.2, 0.25) is 0 Å². The molecule has 76 valence electrons. The van der Waals surface area contributed by atoms with Crippen molar-refractivity contribution in [2.75, 3.05) is 6.54 Å². The van der Waals surface area contributed by atoms with Gasteiger partial charge >= 0.3 is 0 Å². The number of nitrogens with one attached hydrogen (secondary N) is 2. The molecule has 0 fully saturated rings. The summed E-state index contributed by atoms with van der Waals surface area (Å²) in [5.74, 6) is -0.174. The average molecular weight is 186 g/mol. The maximum atomic E-state index is 11.4. The van der Waals surface area contributed by atoms with E-state index in [4.69, 9.17) is 16.9 Å². The first kappa shape index (κ1) is 11.9. The summed E-state index contributed by atoms with van der Waals surface area (Å²) in [5.41, 5.74) is 10.6. The van der Waals surface area contributed by atoms with Gasteiger partial charge in [0.15, 0.2) is 11.7 Å². The minimum atomic E-state index is -0.571. The van der Waals surface area contributed by atoms with Crippen LogP contribution in [0.3, 0.4) is 0 Å². The van der Waals surface area contributed by atoms with E-state index < -0.39 is 6.04 Å². The van der Waals surface area contributed by atoms with Gasteiger partial charge in [-0.25, -0.2) is 0 Å². The van der Waals surface area contributed by atoms with Crippen LogP contribution >= 0.6 is 0 Å². The van der Waals surface area contributed by atoms with Gasteiger partial charge in [0, 0.05) is 12.5 Å². The molecule has 13 heavy (non-hydrogen) atoms. The third kappa shape index (κ3) is 4.47. The Morgan fingerprint density at radius 1 is 1.62 bits per heavy atom. The third-order valence-corrected chi connectivity index (χ3v) is 1.98. The van der Waals surface area contributed by atoms with Gasteiger partial charge in [-0.2, -0.15) is 0 Å². The molecule has 0 aliphatic heterocycles. The quantitative estimate of drug-likeness (QED) is 0.340. The Hall–Kier alpha value is -1.10. The third-order valence-electron chi connectivity index (χ3n) is 1.98. The van der Waals surface area contributed by atoms with E-state index in [1.165, 1.54) is 0 Å². The molecule has 0 bridgehead atoms. The van der Waals surface area contributed by atoms with Gasteiger partial charge in [-0.15, -0.1) is 0 Å². The summed E-state index contributed by atoms with van der Waals surface area (Å²) in [6, 6.07) is -0.571. The highest BCUT2D eigenvalue weighted by atomic mass is 16.1. The maximum Gasteiger partial charge on any atom is 0.185 e. The number of ketones is 1. The van der Waals surface area contributed by atoms with Crippen molar-refractivity contribution >= 4 is 11.7 Å². The van der Waals surface area contributed by atoms with Crippen LogP contribution in [0.4, 0.5) is 0 Å². The van der Waals surface area contributed by atoms with Crippen LogP contribution in [0.2, 0.25) is 0 Å². The second-order valence-electron chi connectivity index (χ2n) is 3.11. The van der Waals surface area contributed by atoms with Gasteiger partial charge in [-0.05, 0) is 6.42 Å². The molecule has 0 aliphatic carbocycles. The number of guanidine groups is 1. The first-order valence-electron chi connectivity index (χ1n) is 4.36. The Morgan fingerprint density at radius 2 is 2.15 bits per heavy atom. The molecule has 1 unspecified atom stereocenters. The molecule has 0 heterocycles. The first-order chi connectivity index (χ1) is 5.99. The minimum Gasteiger partial charge on any atom is -0.370 e. The van der Waals surface area contributed by atoms with Crippen molar-refractivity contribution in [2.45, 2.75) is 26.3 Å². The normalized spacial score (nSPS) is 14.7. The average Bonchev–Trinajstić information content (AvgIpc) is 2.11. The summed E-state index contributed by atoms with van der Waals surface area (Å²) in [7, 11) is 0. The number of nitrogens with two attached hydrogens (primary N) is 2. The van der Waals surface area contributed by atoms with Crippen LogP contribution in [0.15, 0.2) is 0 Å². The predicted octanol–water partition coefficient (Wildman–Crippen LogP) is -0.588. The molecule has 0 saturated heterocycles. The zero-order valence-corrected chi connectivity index (χ0v) is 8.13. The van der Waals surface area contributed by atoms with Gasteiger partial charge in [-0.3, -0.25) is 10.2 Å². The second-order valence-corrected chi connectivity index (χ2v) is 3.11. The van der Waals surface area contributed by atoms with Crippen LogP contribution in [0, 0.1) is 11.3 Å². The molecule has 0 aromatic rings. The van der Waals surface area contributed by atoms with E-state index in [1.54, 1.807) is 0 Å². The largest absolute Gasteiger partial charge is 0.370 e. The fraction of sp³-hybridized carbons (Fsp3) is 0.750. The Bertz CT molecular complexity index is 193. The summed E-state index contributed by atoms with van der Waals surface area (Å²) in [5, 5.41) is 9.40. The van der Waals surface area contributed by atoms with E-state index in [2.05, 4.69) is 5.32 Å². The Balaban J connectivity index is 3.89. The number of Topliss-reactive ketones (excluding diaryl/α,β-unsaturated/α-hetero) is 1. The Morgan fingerprint density at radius 3 is 2.54 bits per heavy atom. The van der Waals surface area contributed by atoms with E-state index in [9.17, 15) is 4.79 Å². The molecule has 5 heteroatoms. The molecule has 0 amide bonds. The van der Waals surface area contributed by atoms with Crippen molar-refractivity contribution in [1.82, 2.24) is 5.32 Å². The summed E-state index contributed by atoms with van der Waals surface area (Å²) in [6.45, 7) is 4.02. The zero-order valence-electron chi connectivity index (χ0n) is 8.13. The van der Waals surface area contributed by atoms with Gasteiger partial charge in [-0.1, -0.05) is 13.8 Å². The zero-order chi connectivity index (χ0) is 10.4. The van der Waals surface area contributed by atoms with Crippen molar-refractivity contribution in [1.29, 1.82) is 5.41 Å². The fourth-order valence-corrected chi connectivity index (χ4v) is 0.887. The van der Waals surface area contributed by atoms with Crippen LogP contribution in [-0.4, -0.2) is 24.3 Å². The van der Waals surface area contributed by atoms with Crippen molar-refractivity contribution in [3.05, 3.63) is 0 Å². The van der Waals surface area contributed by atoms with Gasteiger partial charge in [0.05, 0.1) is 6.04 Å². The summed E-state index contributed by atoms with van der Waals surface area (Å²) < 4.78 is 0. The molecule has 0 rings (SSSR count). The molecule has 0 aromatic heterocycles. The number of carbonyl (C=O) groups excluding carboxylic acids is 1. The van der Waals surface area contributed by atoms with E-state index in [-0.39, 0.29) is 24.2 Å². The molecule has 0 spiro atoms. The molecule has 2 atom stereocenters. The summed E-state index contributed by atoms with van der Waals surface area (Å²) in [6.07, 6.45) is 0.784. The lowest BCUT2D eigenvalue weighted by atomic mass is 9.98. The highest BCUT2D eigenvalue weighted by molar-refractivity contribution is 5.86. The van der Waals surface area contributed by atoms with Gasteiger partial charge in [0.1, 0.15) is 0 Å². The van der Waals surface area contributed by atoms with Crippen molar-refractivity contribution < 1.29 is 4.79 Å². The van der Waals surface area contributed by atoms with Crippen molar-refractivity contribution in [2.24, 2.45) is 17.4 Å². The monoisotopic (exact) mass is 186 g/mol. The molecule has 0 aromatic carbocycles. The number of carbonyl (C=O) groups is 1. The van der Waals surface area contributed by atoms with Crippen molar-refractivity contribution in [3.8, 4) is 0 Å². The summed E-state index contributed by atoms with van der Waals surface area (Å²) >= 11 is 0. The van der Waals surface area contributed by atoms with Gasteiger partial charge in [0.25, 0.3) is 0 Å².